The maximum atomic E-state index is 7.26. The molecule has 0 aromatic rings. The molecule has 0 spiro atoms. The van der Waals surface area contributed by atoms with Gasteiger partial charge < -0.3 is 0 Å². The molecule has 62 valence electrons. The van der Waals surface area contributed by atoms with Gasteiger partial charge in [-0.05, 0) is 23.8 Å². The molecule has 0 fully saturated rings. The van der Waals surface area contributed by atoms with Crippen molar-refractivity contribution < 1.29 is 4.11 Å². The van der Waals surface area contributed by atoms with Crippen LogP contribution in [0.4, 0.5) is 0 Å². The molecule has 1 aliphatic carbocycles. The van der Waals surface area contributed by atoms with Crippen LogP contribution < -0.4 is 0 Å². The van der Waals surface area contributed by atoms with E-state index in [2.05, 4.69) is 26.8 Å². The van der Waals surface area contributed by atoms with Crippen LogP contribution >= 0.6 is 0 Å². The van der Waals surface area contributed by atoms with Crippen molar-refractivity contribution in [3.05, 3.63) is 23.3 Å². The van der Waals surface area contributed by atoms with Gasteiger partial charge in [0.25, 0.3) is 0 Å². The summed E-state index contributed by atoms with van der Waals surface area (Å²) in [4.78, 5) is 0. The summed E-state index contributed by atoms with van der Waals surface area (Å²) >= 11 is 0. The van der Waals surface area contributed by atoms with Crippen LogP contribution in [0.1, 0.15) is 44.6 Å². The minimum absolute atomic E-state index is 0.0874. The average molecular weight is 153 g/mol. The van der Waals surface area contributed by atoms with Gasteiger partial charge in [-0.25, -0.2) is 0 Å². The summed E-state index contributed by atoms with van der Waals surface area (Å²) in [6, 6.07) is 0. The van der Waals surface area contributed by atoms with Gasteiger partial charge in [0, 0.05) is 4.11 Å². The van der Waals surface area contributed by atoms with Gasteiger partial charge in [-0.15, -0.1) is 0 Å². The first kappa shape index (κ1) is 5.18. The highest BCUT2D eigenvalue weighted by molar-refractivity contribution is 5.36. The lowest BCUT2D eigenvalue weighted by Gasteiger charge is -2.22. The molecule has 0 saturated carbocycles. The Morgan fingerprint density at radius 3 is 2.82 bits per heavy atom. The molecule has 11 heavy (non-hydrogen) atoms. The SMILES string of the molecule is [2H]C([2H])([2H])CC1=C(C(C)(C)C)CC=C1. The van der Waals surface area contributed by atoms with Crippen LogP contribution in [0.3, 0.4) is 0 Å². The van der Waals surface area contributed by atoms with Crippen LogP contribution in [0.2, 0.25) is 0 Å². The lowest BCUT2D eigenvalue weighted by Crippen LogP contribution is -2.09. The molecule has 0 heteroatoms. The Bertz CT molecular complexity index is 274. The number of allylic oxidation sites excluding steroid dienone is 4. The van der Waals surface area contributed by atoms with Gasteiger partial charge >= 0.3 is 0 Å². The van der Waals surface area contributed by atoms with Gasteiger partial charge in [0.2, 0.25) is 0 Å². The zero-order valence-electron chi connectivity index (χ0n) is 10.6. The van der Waals surface area contributed by atoms with E-state index in [1.165, 1.54) is 5.57 Å². The van der Waals surface area contributed by atoms with Gasteiger partial charge in [-0.2, -0.15) is 0 Å². The van der Waals surface area contributed by atoms with Crippen molar-refractivity contribution in [2.24, 2.45) is 5.41 Å². The molecule has 0 aromatic heterocycles. The van der Waals surface area contributed by atoms with Gasteiger partial charge in [0.05, 0.1) is 0 Å². The normalized spacial score (nSPS) is 23.4. The van der Waals surface area contributed by atoms with Crippen molar-refractivity contribution in [3.63, 3.8) is 0 Å². The molecular formula is C11H18. The Morgan fingerprint density at radius 2 is 2.27 bits per heavy atom. The van der Waals surface area contributed by atoms with Crippen molar-refractivity contribution >= 4 is 0 Å². The van der Waals surface area contributed by atoms with E-state index in [-0.39, 0.29) is 11.8 Å². The van der Waals surface area contributed by atoms with Crippen molar-refractivity contribution in [2.75, 3.05) is 0 Å². The molecule has 0 unspecified atom stereocenters. The van der Waals surface area contributed by atoms with Gasteiger partial charge in [0.1, 0.15) is 0 Å². The summed E-state index contributed by atoms with van der Waals surface area (Å²) in [7, 11) is 0. The minimum Gasteiger partial charge on any atom is -0.0802 e. The number of hydrogen-bond acceptors (Lipinski definition) is 0. The second-order valence-electron chi connectivity index (χ2n) is 4.04. The molecule has 1 rings (SSSR count). The molecule has 0 bridgehead atoms. The molecule has 0 aliphatic heterocycles. The third-order valence-corrected chi connectivity index (χ3v) is 2.12. The van der Waals surface area contributed by atoms with Crippen LogP contribution in [0.5, 0.6) is 0 Å². The lowest BCUT2D eigenvalue weighted by molar-refractivity contribution is 0.491. The van der Waals surface area contributed by atoms with Gasteiger partial charge in [0.15, 0.2) is 0 Å². The predicted molar refractivity (Wildman–Crippen MR) is 50.5 cm³/mol. The van der Waals surface area contributed by atoms with E-state index in [9.17, 15) is 0 Å². The topological polar surface area (TPSA) is 0 Å². The van der Waals surface area contributed by atoms with E-state index in [1.54, 1.807) is 0 Å². The molecule has 0 aromatic carbocycles. The van der Waals surface area contributed by atoms with Gasteiger partial charge in [-0.3, -0.25) is 0 Å². The van der Waals surface area contributed by atoms with E-state index >= 15 is 0 Å². The molecule has 1 aliphatic rings. The van der Waals surface area contributed by atoms with E-state index < -0.39 is 6.85 Å². The number of hydrogen-bond donors (Lipinski definition) is 0. The third-order valence-electron chi connectivity index (χ3n) is 2.12. The molecule has 0 radical (unpaired) electrons. The average Bonchev–Trinajstić information content (AvgIpc) is 2.29. The Hall–Kier alpha value is -0.520. The highest BCUT2D eigenvalue weighted by Gasteiger charge is 2.20. The second-order valence-corrected chi connectivity index (χ2v) is 4.04. The summed E-state index contributed by atoms with van der Waals surface area (Å²) < 4.78 is 21.8. The van der Waals surface area contributed by atoms with Crippen molar-refractivity contribution in [3.8, 4) is 0 Å². The fourth-order valence-electron chi connectivity index (χ4n) is 1.50. The summed E-state index contributed by atoms with van der Waals surface area (Å²) in [5.41, 5.74) is 2.37. The summed E-state index contributed by atoms with van der Waals surface area (Å²) in [6.07, 6.45) is 5.14. The maximum absolute atomic E-state index is 7.26. The monoisotopic (exact) mass is 153 g/mol. The zero-order valence-corrected chi connectivity index (χ0v) is 7.57. The summed E-state index contributed by atoms with van der Waals surface area (Å²) in [5.74, 6) is 0. The molecule has 0 N–H and O–H groups in total. The maximum Gasteiger partial charge on any atom is 0.0234 e. The van der Waals surface area contributed by atoms with Gasteiger partial charge in [-0.1, -0.05) is 45.3 Å². The van der Waals surface area contributed by atoms with Crippen LogP contribution in [0.25, 0.3) is 0 Å². The van der Waals surface area contributed by atoms with E-state index in [0.29, 0.717) is 0 Å². The molecule has 0 amide bonds. The number of rotatable bonds is 1. The standard InChI is InChI=1S/C11H18/c1-5-9-7-6-8-10(9)11(2,3)4/h6-7H,5,8H2,1-4H3/i1D3. The summed E-state index contributed by atoms with van der Waals surface area (Å²) in [5, 5.41) is 0. The Balaban J connectivity index is 2.88. The highest BCUT2D eigenvalue weighted by atomic mass is 14.3. The Morgan fingerprint density at radius 1 is 1.55 bits per heavy atom. The third kappa shape index (κ3) is 1.74. The van der Waals surface area contributed by atoms with E-state index in [1.807, 2.05) is 6.08 Å². The van der Waals surface area contributed by atoms with Crippen LogP contribution in [0, 0.1) is 5.41 Å². The van der Waals surface area contributed by atoms with Crippen molar-refractivity contribution in [2.45, 2.75) is 40.5 Å². The predicted octanol–water partition coefficient (Wildman–Crippen LogP) is 3.70. The quantitative estimate of drug-likeness (QED) is 0.539. The summed E-state index contributed by atoms with van der Waals surface area (Å²) in [6.45, 7) is 4.55. The second kappa shape index (κ2) is 2.84. The first-order valence-electron chi connectivity index (χ1n) is 5.59. The van der Waals surface area contributed by atoms with E-state index in [0.717, 1.165) is 12.0 Å². The smallest absolute Gasteiger partial charge is 0.0234 e. The molecule has 0 atom stereocenters. The zero-order chi connectivity index (χ0) is 11.0. The molecule has 0 heterocycles. The highest BCUT2D eigenvalue weighted by Crippen LogP contribution is 2.35. The minimum atomic E-state index is -1.85. The fourth-order valence-corrected chi connectivity index (χ4v) is 1.50. The Kier molecular flexibility index (Phi) is 1.34. The molecule has 0 saturated heterocycles. The Labute approximate surface area is 74.2 Å². The lowest BCUT2D eigenvalue weighted by atomic mass is 9.83. The van der Waals surface area contributed by atoms with Crippen LogP contribution in [-0.2, 0) is 0 Å². The van der Waals surface area contributed by atoms with Crippen LogP contribution in [-0.4, -0.2) is 0 Å². The van der Waals surface area contributed by atoms with Crippen LogP contribution in [0.15, 0.2) is 23.3 Å². The largest absolute Gasteiger partial charge is 0.0802 e. The first-order chi connectivity index (χ1) is 6.20. The molecule has 0 nitrogen and oxygen atoms in total. The van der Waals surface area contributed by atoms with E-state index in [4.69, 9.17) is 4.11 Å². The first-order valence-corrected chi connectivity index (χ1v) is 4.09. The molecular weight excluding hydrogens is 132 g/mol. The van der Waals surface area contributed by atoms with Crippen molar-refractivity contribution in [1.82, 2.24) is 0 Å². The van der Waals surface area contributed by atoms with Crippen molar-refractivity contribution in [1.29, 1.82) is 0 Å². The fraction of sp³-hybridized carbons (Fsp3) is 0.636.